The van der Waals surface area contributed by atoms with Crippen LogP contribution in [0.3, 0.4) is 0 Å². The zero-order valence-corrected chi connectivity index (χ0v) is 20.2. The Morgan fingerprint density at radius 2 is 0.606 bits per heavy atom. The summed E-state index contributed by atoms with van der Waals surface area (Å²) in [6.07, 6.45) is 16.2. The van der Waals surface area contributed by atoms with E-state index in [-0.39, 0.29) is 0 Å². The molecule has 0 N–H and O–H groups in total. The van der Waals surface area contributed by atoms with Gasteiger partial charge in [-0.05, 0) is 36.0 Å². The molecule has 168 valence electrons. The summed E-state index contributed by atoms with van der Waals surface area (Å²) in [5, 5.41) is 0. The van der Waals surface area contributed by atoms with E-state index in [0.29, 0.717) is 0 Å². The Labute approximate surface area is 198 Å². The van der Waals surface area contributed by atoms with Crippen LogP contribution in [0.25, 0.3) is 0 Å². The van der Waals surface area contributed by atoms with E-state index >= 15 is 0 Å². The molecule has 3 aromatic heterocycles. The molecule has 3 heterocycles. The molecule has 1 aromatic carbocycles. The molecule has 0 spiro atoms. The Balaban J connectivity index is 1.95. The van der Waals surface area contributed by atoms with Crippen molar-refractivity contribution < 1.29 is 13.7 Å². The molecular weight excluding hydrogens is 402 g/mol. The van der Waals surface area contributed by atoms with Gasteiger partial charge in [0.25, 0.3) is 0 Å². The molecule has 33 heavy (non-hydrogen) atoms. The zero-order chi connectivity index (χ0) is 23.0. The lowest BCUT2D eigenvalue weighted by molar-refractivity contribution is -0.690. The minimum atomic E-state index is 0.913. The van der Waals surface area contributed by atoms with Crippen LogP contribution in [0, 0.1) is 0 Å². The smallest absolute Gasteiger partial charge is 0.174 e. The van der Waals surface area contributed by atoms with Gasteiger partial charge in [0.15, 0.2) is 56.8 Å². The molecule has 0 saturated carbocycles. The summed E-state index contributed by atoms with van der Waals surface area (Å²) in [7, 11) is 0. The third-order valence-electron chi connectivity index (χ3n) is 6.60. The van der Waals surface area contributed by atoms with Crippen molar-refractivity contribution in [3.05, 3.63) is 125 Å². The fraction of sp³-hybridized carbons (Fsp3) is 0.300. The van der Waals surface area contributed by atoms with Crippen LogP contribution in [-0.2, 0) is 38.9 Å². The summed E-state index contributed by atoms with van der Waals surface area (Å²) in [5.74, 6) is 0. The van der Waals surface area contributed by atoms with Gasteiger partial charge < -0.3 is 0 Å². The molecule has 3 nitrogen and oxygen atoms in total. The van der Waals surface area contributed by atoms with Crippen LogP contribution in [0.2, 0.25) is 0 Å². The highest BCUT2D eigenvalue weighted by atomic mass is 14.9. The van der Waals surface area contributed by atoms with Crippen LogP contribution in [0.5, 0.6) is 0 Å². The van der Waals surface area contributed by atoms with E-state index in [4.69, 9.17) is 0 Å². The average Bonchev–Trinajstić information content (AvgIpc) is 2.86. The van der Waals surface area contributed by atoms with Gasteiger partial charge in [-0.15, -0.1) is 0 Å². The van der Waals surface area contributed by atoms with Crippen LogP contribution >= 0.6 is 0 Å². The molecule has 4 rings (SSSR count). The molecule has 0 amide bonds. The molecule has 0 saturated heterocycles. The van der Waals surface area contributed by atoms with Crippen LogP contribution in [0.4, 0.5) is 0 Å². The fourth-order valence-corrected chi connectivity index (χ4v) is 5.11. The fourth-order valence-electron chi connectivity index (χ4n) is 5.11. The standard InChI is InChI=1S/C30H36N3/c1-4-25-28(22-31-16-10-7-11-17-31)26(5-2)30(24-33-20-14-9-15-21-33)27(6-3)29(25)23-32-18-12-8-13-19-32/h7-21H,4-6,22-24H2,1-3H3/q+3. The Morgan fingerprint density at radius 1 is 0.364 bits per heavy atom. The summed E-state index contributed by atoms with van der Waals surface area (Å²) in [4.78, 5) is 0. The van der Waals surface area contributed by atoms with E-state index in [2.05, 4.69) is 126 Å². The van der Waals surface area contributed by atoms with Gasteiger partial charge in [-0.3, -0.25) is 0 Å². The summed E-state index contributed by atoms with van der Waals surface area (Å²) in [6, 6.07) is 19.0. The first-order chi connectivity index (χ1) is 16.2. The molecule has 0 aliphatic rings. The van der Waals surface area contributed by atoms with E-state index in [1.165, 1.54) is 33.4 Å². The van der Waals surface area contributed by atoms with Crippen molar-refractivity contribution in [3.63, 3.8) is 0 Å². The van der Waals surface area contributed by atoms with Crippen LogP contribution in [-0.4, -0.2) is 0 Å². The number of benzene rings is 1. The van der Waals surface area contributed by atoms with Gasteiger partial charge in [0.1, 0.15) is 0 Å². The third kappa shape index (κ3) is 5.19. The van der Waals surface area contributed by atoms with E-state index < -0.39 is 0 Å². The minimum Gasteiger partial charge on any atom is -0.201 e. The first kappa shape index (κ1) is 22.8. The normalized spacial score (nSPS) is 11.0. The zero-order valence-electron chi connectivity index (χ0n) is 20.2. The molecule has 0 unspecified atom stereocenters. The lowest BCUT2D eigenvalue weighted by Crippen LogP contribution is -2.39. The highest BCUT2D eigenvalue weighted by molar-refractivity contribution is 5.52. The average molecular weight is 439 g/mol. The third-order valence-corrected chi connectivity index (χ3v) is 6.60. The summed E-state index contributed by atoms with van der Waals surface area (Å²) < 4.78 is 6.95. The molecule has 4 aromatic rings. The largest absolute Gasteiger partial charge is 0.201 e. The summed E-state index contributed by atoms with van der Waals surface area (Å²) in [5.41, 5.74) is 9.10. The molecule has 0 radical (unpaired) electrons. The van der Waals surface area contributed by atoms with Gasteiger partial charge in [-0.1, -0.05) is 39.0 Å². The predicted molar refractivity (Wildman–Crippen MR) is 132 cm³/mol. The van der Waals surface area contributed by atoms with Crippen molar-refractivity contribution >= 4 is 0 Å². The van der Waals surface area contributed by atoms with Crippen LogP contribution < -0.4 is 13.7 Å². The van der Waals surface area contributed by atoms with Gasteiger partial charge in [0, 0.05) is 53.1 Å². The van der Waals surface area contributed by atoms with Crippen molar-refractivity contribution in [2.45, 2.75) is 59.7 Å². The van der Waals surface area contributed by atoms with Crippen molar-refractivity contribution in [2.75, 3.05) is 0 Å². The molecular formula is C30H36N3+3. The second-order valence-corrected chi connectivity index (χ2v) is 8.58. The van der Waals surface area contributed by atoms with E-state index in [1.54, 1.807) is 0 Å². The van der Waals surface area contributed by atoms with Gasteiger partial charge in [0.2, 0.25) is 0 Å². The van der Waals surface area contributed by atoms with Crippen molar-refractivity contribution in [2.24, 2.45) is 0 Å². The number of hydrogen-bond donors (Lipinski definition) is 0. The maximum Gasteiger partial charge on any atom is 0.174 e. The van der Waals surface area contributed by atoms with Crippen LogP contribution in [0.15, 0.2) is 91.8 Å². The molecule has 0 bridgehead atoms. The first-order valence-electron chi connectivity index (χ1n) is 12.2. The topological polar surface area (TPSA) is 11.6 Å². The van der Waals surface area contributed by atoms with Crippen molar-refractivity contribution in [3.8, 4) is 0 Å². The second kappa shape index (κ2) is 11.0. The minimum absolute atomic E-state index is 0.913. The number of aromatic nitrogens is 3. The molecule has 0 atom stereocenters. The number of pyridine rings is 3. The van der Waals surface area contributed by atoms with Crippen molar-refractivity contribution in [1.29, 1.82) is 0 Å². The van der Waals surface area contributed by atoms with Gasteiger partial charge in [-0.25, -0.2) is 13.7 Å². The summed E-state index contributed by atoms with van der Waals surface area (Å²) in [6.45, 7) is 9.69. The Bertz CT molecular complexity index is 997. The van der Waals surface area contributed by atoms with Crippen molar-refractivity contribution in [1.82, 2.24) is 0 Å². The lowest BCUT2D eigenvalue weighted by atomic mass is 9.83. The quantitative estimate of drug-likeness (QED) is 0.344. The van der Waals surface area contributed by atoms with E-state index in [1.807, 2.05) is 0 Å². The Hall–Kier alpha value is -3.33. The maximum absolute atomic E-state index is 2.32. The maximum atomic E-state index is 2.32. The molecule has 0 fully saturated rings. The Morgan fingerprint density at radius 3 is 0.818 bits per heavy atom. The highest BCUT2D eigenvalue weighted by Gasteiger charge is 2.26. The number of rotatable bonds is 9. The van der Waals surface area contributed by atoms with Gasteiger partial charge in [-0.2, -0.15) is 0 Å². The highest BCUT2D eigenvalue weighted by Crippen LogP contribution is 2.30. The monoisotopic (exact) mass is 438 g/mol. The number of hydrogen-bond acceptors (Lipinski definition) is 0. The molecule has 3 heteroatoms. The van der Waals surface area contributed by atoms with Gasteiger partial charge >= 0.3 is 0 Å². The molecule has 0 aliphatic carbocycles. The second-order valence-electron chi connectivity index (χ2n) is 8.58. The van der Waals surface area contributed by atoms with Crippen LogP contribution in [0.1, 0.15) is 54.2 Å². The number of nitrogens with zero attached hydrogens (tertiary/aromatic N) is 3. The molecule has 0 aliphatic heterocycles. The van der Waals surface area contributed by atoms with E-state index in [9.17, 15) is 0 Å². The SMILES string of the molecule is CCc1c(C[n+]2ccccc2)c(CC)c(C[n+]2ccccc2)c(CC)c1C[n+]1ccccc1. The predicted octanol–water partition coefficient (Wildman–Crippen LogP) is 4.38. The van der Waals surface area contributed by atoms with Gasteiger partial charge in [0.05, 0.1) is 0 Å². The van der Waals surface area contributed by atoms with E-state index in [0.717, 1.165) is 38.9 Å². The lowest BCUT2D eigenvalue weighted by Gasteiger charge is -2.22. The summed E-state index contributed by atoms with van der Waals surface area (Å²) >= 11 is 0. The Kier molecular flexibility index (Phi) is 7.62. The first-order valence-corrected chi connectivity index (χ1v) is 12.2.